The Balaban J connectivity index is 2.90. The van der Waals surface area contributed by atoms with Crippen molar-refractivity contribution in [1.82, 2.24) is 0 Å². The summed E-state index contributed by atoms with van der Waals surface area (Å²) in [4.78, 5) is 11.2. The van der Waals surface area contributed by atoms with Crippen molar-refractivity contribution in [3.63, 3.8) is 0 Å². The number of carbonyl (C=O) groups excluding carboxylic acids is 1. The van der Waals surface area contributed by atoms with Crippen LogP contribution in [0.3, 0.4) is 0 Å². The van der Waals surface area contributed by atoms with Crippen LogP contribution >= 0.6 is 0 Å². The van der Waals surface area contributed by atoms with Crippen LogP contribution in [0.5, 0.6) is 0 Å². The SMILES string of the molecule is C[C@@](CN)(OC(=O)CN)c1ccccc1. The van der Waals surface area contributed by atoms with Crippen LogP contribution in [0.4, 0.5) is 0 Å². The lowest BCUT2D eigenvalue weighted by molar-refractivity contribution is -0.156. The van der Waals surface area contributed by atoms with Crippen LogP contribution in [0.2, 0.25) is 0 Å². The third kappa shape index (κ3) is 2.78. The number of rotatable bonds is 4. The fourth-order valence-electron chi connectivity index (χ4n) is 1.30. The molecular weight excluding hydrogens is 192 g/mol. The Kier molecular flexibility index (Phi) is 3.82. The molecule has 0 aromatic heterocycles. The van der Waals surface area contributed by atoms with Crippen LogP contribution in [-0.2, 0) is 15.1 Å². The second-order valence-corrected chi connectivity index (χ2v) is 3.48. The molecule has 4 heteroatoms. The first-order chi connectivity index (χ1) is 7.12. The maximum Gasteiger partial charge on any atom is 0.320 e. The summed E-state index contributed by atoms with van der Waals surface area (Å²) >= 11 is 0. The van der Waals surface area contributed by atoms with Gasteiger partial charge < -0.3 is 16.2 Å². The Morgan fingerprint density at radius 3 is 2.40 bits per heavy atom. The molecule has 0 heterocycles. The van der Waals surface area contributed by atoms with Crippen LogP contribution in [0.25, 0.3) is 0 Å². The summed E-state index contributed by atoms with van der Waals surface area (Å²) in [6.45, 7) is 1.86. The fourth-order valence-corrected chi connectivity index (χ4v) is 1.30. The van der Waals surface area contributed by atoms with Gasteiger partial charge in [-0.2, -0.15) is 0 Å². The molecule has 0 bridgehead atoms. The van der Waals surface area contributed by atoms with E-state index in [2.05, 4.69) is 0 Å². The molecule has 1 aromatic carbocycles. The van der Waals surface area contributed by atoms with Gasteiger partial charge in [0.05, 0.1) is 6.54 Å². The molecule has 0 saturated carbocycles. The maximum absolute atomic E-state index is 11.2. The van der Waals surface area contributed by atoms with Crippen molar-refractivity contribution in [2.45, 2.75) is 12.5 Å². The predicted octanol–water partition coefficient (Wildman–Crippen LogP) is 0.362. The average Bonchev–Trinajstić information content (AvgIpc) is 2.30. The summed E-state index contributed by atoms with van der Waals surface area (Å²) in [5.41, 5.74) is 10.9. The Morgan fingerprint density at radius 1 is 1.33 bits per heavy atom. The van der Waals surface area contributed by atoms with E-state index >= 15 is 0 Å². The molecule has 4 nitrogen and oxygen atoms in total. The molecule has 0 saturated heterocycles. The van der Waals surface area contributed by atoms with Crippen molar-refractivity contribution in [2.75, 3.05) is 13.1 Å². The summed E-state index contributed by atoms with van der Waals surface area (Å²) in [6.07, 6.45) is 0. The summed E-state index contributed by atoms with van der Waals surface area (Å²) in [6, 6.07) is 9.39. The van der Waals surface area contributed by atoms with Crippen LogP contribution < -0.4 is 11.5 Å². The molecule has 15 heavy (non-hydrogen) atoms. The fraction of sp³-hybridized carbons (Fsp3) is 0.364. The molecule has 1 rings (SSSR count). The third-order valence-corrected chi connectivity index (χ3v) is 2.28. The standard InChI is InChI=1S/C11H16N2O2/c1-11(8-13,15-10(14)7-12)9-5-3-2-4-6-9/h2-6H,7-8,12-13H2,1H3/t11-/m0/s1. The van der Waals surface area contributed by atoms with Gasteiger partial charge in [0, 0.05) is 6.54 Å². The molecule has 0 amide bonds. The lowest BCUT2D eigenvalue weighted by Gasteiger charge is -2.28. The van der Waals surface area contributed by atoms with Crippen molar-refractivity contribution in [1.29, 1.82) is 0 Å². The topological polar surface area (TPSA) is 78.3 Å². The van der Waals surface area contributed by atoms with Crippen LogP contribution in [0.15, 0.2) is 30.3 Å². The molecule has 0 spiro atoms. The summed E-state index contributed by atoms with van der Waals surface area (Å²) in [7, 11) is 0. The van der Waals surface area contributed by atoms with E-state index in [0.29, 0.717) is 0 Å². The molecule has 1 atom stereocenters. The van der Waals surface area contributed by atoms with Gasteiger partial charge in [-0.25, -0.2) is 0 Å². The Labute approximate surface area is 89.2 Å². The van der Waals surface area contributed by atoms with E-state index in [1.807, 2.05) is 30.3 Å². The molecule has 0 fully saturated rings. The zero-order valence-electron chi connectivity index (χ0n) is 8.77. The summed E-state index contributed by atoms with van der Waals surface area (Å²) in [5.74, 6) is -0.452. The first kappa shape index (κ1) is 11.7. The van der Waals surface area contributed by atoms with Gasteiger partial charge in [0.1, 0.15) is 5.60 Å². The van der Waals surface area contributed by atoms with Gasteiger partial charge in [0.15, 0.2) is 0 Å². The molecule has 82 valence electrons. The van der Waals surface area contributed by atoms with Gasteiger partial charge in [-0.05, 0) is 12.5 Å². The van der Waals surface area contributed by atoms with E-state index in [1.165, 1.54) is 0 Å². The molecule has 0 aliphatic rings. The van der Waals surface area contributed by atoms with Gasteiger partial charge >= 0.3 is 5.97 Å². The quantitative estimate of drug-likeness (QED) is 0.700. The Hall–Kier alpha value is -1.39. The van der Waals surface area contributed by atoms with E-state index < -0.39 is 11.6 Å². The molecular formula is C11H16N2O2. The van der Waals surface area contributed by atoms with Crippen LogP contribution in [-0.4, -0.2) is 19.1 Å². The lowest BCUT2D eigenvalue weighted by atomic mass is 9.96. The first-order valence-electron chi connectivity index (χ1n) is 4.80. The molecule has 0 unspecified atom stereocenters. The molecule has 1 aromatic rings. The van der Waals surface area contributed by atoms with Gasteiger partial charge in [-0.3, -0.25) is 4.79 Å². The summed E-state index contributed by atoms with van der Waals surface area (Å²) < 4.78 is 5.23. The lowest BCUT2D eigenvalue weighted by Crippen LogP contribution is -2.38. The summed E-state index contributed by atoms with van der Waals surface area (Å²) in [5, 5.41) is 0. The van der Waals surface area contributed by atoms with E-state index in [-0.39, 0.29) is 13.1 Å². The predicted molar refractivity (Wildman–Crippen MR) is 58.0 cm³/mol. The van der Waals surface area contributed by atoms with Gasteiger partial charge in [-0.15, -0.1) is 0 Å². The minimum atomic E-state index is -0.794. The van der Waals surface area contributed by atoms with Gasteiger partial charge in [-0.1, -0.05) is 30.3 Å². The number of esters is 1. The second-order valence-electron chi connectivity index (χ2n) is 3.48. The molecule has 0 aliphatic heterocycles. The smallest absolute Gasteiger partial charge is 0.320 e. The van der Waals surface area contributed by atoms with Crippen molar-refractivity contribution in [3.8, 4) is 0 Å². The molecule has 0 aliphatic carbocycles. The monoisotopic (exact) mass is 208 g/mol. The van der Waals surface area contributed by atoms with Crippen LogP contribution in [0, 0.1) is 0 Å². The van der Waals surface area contributed by atoms with E-state index in [9.17, 15) is 4.79 Å². The van der Waals surface area contributed by atoms with Crippen LogP contribution in [0.1, 0.15) is 12.5 Å². The Bertz CT molecular complexity index is 327. The van der Waals surface area contributed by atoms with E-state index in [4.69, 9.17) is 16.2 Å². The Morgan fingerprint density at radius 2 is 1.93 bits per heavy atom. The zero-order valence-corrected chi connectivity index (χ0v) is 8.77. The number of benzene rings is 1. The first-order valence-corrected chi connectivity index (χ1v) is 4.80. The van der Waals surface area contributed by atoms with Gasteiger partial charge in [0.2, 0.25) is 0 Å². The average molecular weight is 208 g/mol. The largest absolute Gasteiger partial charge is 0.452 e. The molecule has 0 radical (unpaired) electrons. The zero-order chi connectivity index (χ0) is 11.3. The van der Waals surface area contributed by atoms with Crippen molar-refractivity contribution in [2.24, 2.45) is 11.5 Å². The number of ether oxygens (including phenoxy) is 1. The minimum absolute atomic E-state index is 0.136. The third-order valence-electron chi connectivity index (χ3n) is 2.28. The highest BCUT2D eigenvalue weighted by Gasteiger charge is 2.28. The van der Waals surface area contributed by atoms with E-state index in [0.717, 1.165) is 5.56 Å². The highest BCUT2D eigenvalue weighted by molar-refractivity contribution is 5.72. The van der Waals surface area contributed by atoms with Crippen molar-refractivity contribution in [3.05, 3.63) is 35.9 Å². The minimum Gasteiger partial charge on any atom is -0.452 e. The van der Waals surface area contributed by atoms with Crippen molar-refractivity contribution < 1.29 is 9.53 Å². The highest BCUT2D eigenvalue weighted by Crippen LogP contribution is 2.23. The number of nitrogens with two attached hydrogens (primary N) is 2. The van der Waals surface area contributed by atoms with E-state index in [1.54, 1.807) is 6.92 Å². The highest BCUT2D eigenvalue weighted by atomic mass is 16.6. The van der Waals surface area contributed by atoms with Gasteiger partial charge in [0.25, 0.3) is 0 Å². The number of carbonyl (C=O) groups is 1. The maximum atomic E-state index is 11.2. The number of hydrogen-bond acceptors (Lipinski definition) is 4. The number of hydrogen-bond donors (Lipinski definition) is 2. The normalized spacial score (nSPS) is 14.3. The van der Waals surface area contributed by atoms with Crippen molar-refractivity contribution >= 4 is 5.97 Å². The second kappa shape index (κ2) is 4.91. The molecule has 4 N–H and O–H groups in total.